The van der Waals surface area contributed by atoms with Crippen LogP contribution in [0.4, 0.5) is 0 Å². The SMILES string of the molecule is CCCCOCCNC(C)CCBr. The highest BCUT2D eigenvalue weighted by Crippen LogP contribution is 1.94. The quantitative estimate of drug-likeness (QED) is 0.503. The molecule has 0 rings (SSSR count). The van der Waals surface area contributed by atoms with Crippen LogP contribution in [-0.2, 0) is 4.74 Å². The molecule has 13 heavy (non-hydrogen) atoms. The Morgan fingerprint density at radius 2 is 2.15 bits per heavy atom. The van der Waals surface area contributed by atoms with Crippen LogP contribution < -0.4 is 5.32 Å². The summed E-state index contributed by atoms with van der Waals surface area (Å²) in [5.41, 5.74) is 0. The van der Waals surface area contributed by atoms with E-state index in [4.69, 9.17) is 4.74 Å². The maximum absolute atomic E-state index is 5.43. The number of rotatable bonds is 9. The Kier molecular flexibility index (Phi) is 10.8. The number of ether oxygens (including phenoxy) is 1. The summed E-state index contributed by atoms with van der Waals surface area (Å²) < 4.78 is 5.43. The summed E-state index contributed by atoms with van der Waals surface area (Å²) in [6.07, 6.45) is 3.57. The molecule has 2 nitrogen and oxygen atoms in total. The minimum absolute atomic E-state index is 0.592. The summed E-state index contributed by atoms with van der Waals surface area (Å²) >= 11 is 3.42. The van der Waals surface area contributed by atoms with Crippen molar-refractivity contribution in [1.82, 2.24) is 5.32 Å². The zero-order chi connectivity index (χ0) is 9.94. The van der Waals surface area contributed by atoms with Crippen LogP contribution in [0.25, 0.3) is 0 Å². The number of nitrogens with one attached hydrogen (secondary N) is 1. The maximum atomic E-state index is 5.43. The highest BCUT2D eigenvalue weighted by atomic mass is 79.9. The van der Waals surface area contributed by atoms with Crippen molar-refractivity contribution in [3.63, 3.8) is 0 Å². The molecule has 0 bridgehead atoms. The molecular weight excluding hydrogens is 230 g/mol. The van der Waals surface area contributed by atoms with Gasteiger partial charge in [0.25, 0.3) is 0 Å². The van der Waals surface area contributed by atoms with Crippen LogP contribution in [0.1, 0.15) is 33.1 Å². The van der Waals surface area contributed by atoms with Crippen LogP contribution in [0.2, 0.25) is 0 Å². The molecule has 0 radical (unpaired) electrons. The van der Waals surface area contributed by atoms with E-state index in [-0.39, 0.29) is 0 Å². The summed E-state index contributed by atoms with van der Waals surface area (Å²) in [5.74, 6) is 0. The topological polar surface area (TPSA) is 21.3 Å². The van der Waals surface area contributed by atoms with Crippen molar-refractivity contribution >= 4 is 15.9 Å². The normalized spacial score (nSPS) is 13.2. The molecule has 1 N–H and O–H groups in total. The van der Waals surface area contributed by atoms with E-state index < -0.39 is 0 Å². The molecule has 0 amide bonds. The number of alkyl halides is 1. The number of unbranched alkanes of at least 4 members (excludes halogenated alkanes) is 1. The molecule has 80 valence electrons. The van der Waals surface area contributed by atoms with Crippen LogP contribution in [0, 0.1) is 0 Å². The average Bonchev–Trinajstić information content (AvgIpc) is 2.11. The van der Waals surface area contributed by atoms with Gasteiger partial charge >= 0.3 is 0 Å². The molecule has 0 aromatic rings. The predicted molar refractivity (Wildman–Crippen MR) is 61.6 cm³/mol. The van der Waals surface area contributed by atoms with Gasteiger partial charge in [-0.1, -0.05) is 29.3 Å². The van der Waals surface area contributed by atoms with Gasteiger partial charge in [-0.2, -0.15) is 0 Å². The van der Waals surface area contributed by atoms with E-state index in [0.29, 0.717) is 6.04 Å². The molecule has 0 saturated carbocycles. The Labute approximate surface area is 90.6 Å². The number of hydrogen-bond acceptors (Lipinski definition) is 2. The lowest BCUT2D eigenvalue weighted by Gasteiger charge is -2.11. The Balaban J connectivity index is 2.97. The van der Waals surface area contributed by atoms with E-state index >= 15 is 0 Å². The predicted octanol–water partition coefficient (Wildman–Crippen LogP) is 2.57. The van der Waals surface area contributed by atoms with Gasteiger partial charge in [0.15, 0.2) is 0 Å². The first-order chi connectivity index (χ1) is 6.31. The van der Waals surface area contributed by atoms with Gasteiger partial charge in [-0.15, -0.1) is 0 Å². The van der Waals surface area contributed by atoms with E-state index in [9.17, 15) is 0 Å². The smallest absolute Gasteiger partial charge is 0.0590 e. The summed E-state index contributed by atoms with van der Waals surface area (Å²) in [7, 11) is 0. The average molecular weight is 252 g/mol. The summed E-state index contributed by atoms with van der Waals surface area (Å²) in [4.78, 5) is 0. The van der Waals surface area contributed by atoms with Gasteiger partial charge in [-0.05, 0) is 19.8 Å². The highest BCUT2D eigenvalue weighted by molar-refractivity contribution is 9.09. The molecule has 0 fully saturated rings. The fourth-order valence-electron chi connectivity index (χ4n) is 0.992. The zero-order valence-electron chi connectivity index (χ0n) is 8.81. The van der Waals surface area contributed by atoms with Gasteiger partial charge in [0.05, 0.1) is 6.61 Å². The molecule has 0 spiro atoms. The second-order valence-corrected chi connectivity index (χ2v) is 4.09. The molecule has 0 aliphatic heterocycles. The molecule has 1 unspecified atom stereocenters. The van der Waals surface area contributed by atoms with Gasteiger partial charge in [0.2, 0.25) is 0 Å². The minimum Gasteiger partial charge on any atom is -0.380 e. The Hall–Kier alpha value is 0.400. The van der Waals surface area contributed by atoms with Gasteiger partial charge in [0, 0.05) is 24.5 Å². The van der Waals surface area contributed by atoms with Crippen LogP contribution in [0.15, 0.2) is 0 Å². The minimum atomic E-state index is 0.592. The lowest BCUT2D eigenvalue weighted by atomic mass is 10.3. The molecule has 0 aromatic carbocycles. The fraction of sp³-hybridized carbons (Fsp3) is 1.00. The van der Waals surface area contributed by atoms with Gasteiger partial charge < -0.3 is 10.1 Å². The lowest BCUT2D eigenvalue weighted by Crippen LogP contribution is -2.29. The molecule has 3 heteroatoms. The van der Waals surface area contributed by atoms with Crippen molar-refractivity contribution in [2.45, 2.75) is 39.2 Å². The van der Waals surface area contributed by atoms with E-state index in [1.807, 2.05) is 0 Å². The Morgan fingerprint density at radius 3 is 2.77 bits per heavy atom. The third-order valence-corrected chi connectivity index (χ3v) is 2.38. The van der Waals surface area contributed by atoms with Crippen molar-refractivity contribution in [2.24, 2.45) is 0 Å². The third kappa shape index (κ3) is 10.3. The fourth-order valence-corrected chi connectivity index (χ4v) is 1.68. The monoisotopic (exact) mass is 251 g/mol. The standard InChI is InChI=1S/C10H22BrNO/c1-3-4-8-13-9-7-12-10(2)5-6-11/h10,12H,3-9H2,1-2H3. The Bertz CT molecular complexity index is 101. The highest BCUT2D eigenvalue weighted by Gasteiger charge is 1.98. The molecule has 1 atom stereocenters. The van der Waals surface area contributed by atoms with Gasteiger partial charge in [0.1, 0.15) is 0 Å². The van der Waals surface area contributed by atoms with Crippen molar-refractivity contribution in [3.05, 3.63) is 0 Å². The molecule has 0 heterocycles. The van der Waals surface area contributed by atoms with Crippen molar-refractivity contribution in [1.29, 1.82) is 0 Å². The van der Waals surface area contributed by atoms with Crippen molar-refractivity contribution < 1.29 is 4.74 Å². The van der Waals surface area contributed by atoms with Crippen molar-refractivity contribution in [3.8, 4) is 0 Å². The molecule has 0 aliphatic carbocycles. The summed E-state index contributed by atoms with van der Waals surface area (Å²) in [6, 6.07) is 0.592. The second-order valence-electron chi connectivity index (χ2n) is 3.30. The third-order valence-electron chi connectivity index (χ3n) is 1.92. The number of halogens is 1. The van der Waals surface area contributed by atoms with E-state index in [1.54, 1.807) is 0 Å². The molecular formula is C10H22BrNO. The first-order valence-electron chi connectivity index (χ1n) is 5.18. The number of hydrogen-bond donors (Lipinski definition) is 1. The van der Waals surface area contributed by atoms with E-state index in [0.717, 1.165) is 25.1 Å². The zero-order valence-corrected chi connectivity index (χ0v) is 10.4. The maximum Gasteiger partial charge on any atom is 0.0590 e. The second kappa shape index (κ2) is 10.5. The largest absolute Gasteiger partial charge is 0.380 e. The molecule has 0 saturated heterocycles. The lowest BCUT2D eigenvalue weighted by molar-refractivity contribution is 0.131. The summed E-state index contributed by atoms with van der Waals surface area (Å²) in [6.45, 7) is 7.10. The van der Waals surface area contributed by atoms with Crippen molar-refractivity contribution in [2.75, 3.05) is 25.1 Å². The van der Waals surface area contributed by atoms with E-state index in [1.165, 1.54) is 19.3 Å². The first kappa shape index (κ1) is 13.4. The molecule has 0 aromatic heterocycles. The summed E-state index contributed by atoms with van der Waals surface area (Å²) in [5, 5.41) is 4.47. The van der Waals surface area contributed by atoms with E-state index in [2.05, 4.69) is 35.1 Å². The first-order valence-corrected chi connectivity index (χ1v) is 6.30. The van der Waals surface area contributed by atoms with Crippen LogP contribution >= 0.6 is 15.9 Å². The van der Waals surface area contributed by atoms with Crippen LogP contribution in [-0.4, -0.2) is 31.1 Å². The van der Waals surface area contributed by atoms with Crippen LogP contribution in [0.5, 0.6) is 0 Å². The van der Waals surface area contributed by atoms with Crippen LogP contribution in [0.3, 0.4) is 0 Å². The van der Waals surface area contributed by atoms with Gasteiger partial charge in [-0.3, -0.25) is 0 Å². The molecule has 0 aliphatic rings. The van der Waals surface area contributed by atoms with Gasteiger partial charge in [-0.25, -0.2) is 0 Å². The Morgan fingerprint density at radius 1 is 1.38 bits per heavy atom.